The maximum absolute atomic E-state index is 11.3. The second-order valence-corrected chi connectivity index (χ2v) is 6.86. The molecule has 3 aromatic heterocycles. The van der Waals surface area contributed by atoms with E-state index in [1.807, 2.05) is 37.6 Å². The number of aromatic nitrogens is 2. The number of rotatable bonds is 5. The molecule has 0 fully saturated rings. The van der Waals surface area contributed by atoms with Gasteiger partial charge in [-0.05, 0) is 47.5 Å². The molecule has 1 unspecified atom stereocenters. The molecule has 1 atom stereocenters. The molecule has 0 spiro atoms. The van der Waals surface area contributed by atoms with Gasteiger partial charge in [-0.2, -0.15) is 0 Å². The van der Waals surface area contributed by atoms with Gasteiger partial charge < -0.3 is 9.14 Å². The molecular weight excluding hydrogens is 364 g/mol. The Hall–Kier alpha value is -1.50. The monoisotopic (exact) mass is 378 g/mol. The molecule has 0 aliphatic rings. The van der Waals surface area contributed by atoms with E-state index >= 15 is 0 Å². The van der Waals surface area contributed by atoms with Crippen LogP contribution >= 0.6 is 27.3 Å². The van der Waals surface area contributed by atoms with Crippen LogP contribution in [0.2, 0.25) is 0 Å². The van der Waals surface area contributed by atoms with E-state index in [2.05, 4.69) is 25.3 Å². The first kappa shape index (κ1) is 15.4. The van der Waals surface area contributed by atoms with Gasteiger partial charge in [-0.25, -0.2) is 4.98 Å². The van der Waals surface area contributed by atoms with E-state index < -0.39 is 0 Å². The van der Waals surface area contributed by atoms with Gasteiger partial charge in [0.15, 0.2) is 0 Å². The second-order valence-electron chi connectivity index (χ2n) is 5.03. The van der Waals surface area contributed by atoms with Gasteiger partial charge in [0.1, 0.15) is 11.3 Å². The minimum atomic E-state index is -0.148. The number of aldehydes is 1. The van der Waals surface area contributed by atoms with Gasteiger partial charge in [-0.3, -0.25) is 4.79 Å². The minimum absolute atomic E-state index is 0.148. The molecule has 4 nitrogen and oxygen atoms in total. The molecule has 0 saturated carbocycles. The summed E-state index contributed by atoms with van der Waals surface area (Å²) in [4.78, 5) is 15.6. The van der Waals surface area contributed by atoms with Crippen molar-refractivity contribution in [2.75, 3.05) is 0 Å². The third kappa shape index (κ3) is 2.74. The fraction of sp³-hybridized carbons (Fsp3) is 0.250. The lowest BCUT2D eigenvalue weighted by molar-refractivity contribution is 0.0484. The van der Waals surface area contributed by atoms with Gasteiger partial charge in [0, 0.05) is 27.8 Å². The Morgan fingerprint density at radius 1 is 1.55 bits per heavy atom. The summed E-state index contributed by atoms with van der Waals surface area (Å²) in [5, 5.41) is 2.88. The number of nitrogens with zero attached hydrogens (tertiary/aromatic N) is 2. The Bertz CT molecular complexity index is 811. The molecule has 3 aromatic rings. The second kappa shape index (κ2) is 6.32. The molecule has 0 bridgehead atoms. The van der Waals surface area contributed by atoms with Gasteiger partial charge in [-0.1, -0.05) is 0 Å². The maximum Gasteiger partial charge on any atom is 0.150 e. The number of ether oxygens (including phenoxy) is 1. The van der Waals surface area contributed by atoms with Gasteiger partial charge in [0.2, 0.25) is 0 Å². The number of carbonyl (C=O) groups excluding carboxylic acids is 1. The molecule has 0 N–H and O–H groups in total. The molecule has 0 aliphatic heterocycles. The largest absolute Gasteiger partial charge is 0.365 e. The summed E-state index contributed by atoms with van der Waals surface area (Å²) in [5.74, 6) is 0. The van der Waals surface area contributed by atoms with Crippen LogP contribution in [-0.4, -0.2) is 15.7 Å². The van der Waals surface area contributed by atoms with Crippen molar-refractivity contribution < 1.29 is 9.53 Å². The van der Waals surface area contributed by atoms with Gasteiger partial charge in [0.25, 0.3) is 0 Å². The number of pyridine rings is 1. The predicted molar refractivity (Wildman–Crippen MR) is 90.5 cm³/mol. The zero-order valence-electron chi connectivity index (χ0n) is 12.2. The van der Waals surface area contributed by atoms with Crippen LogP contribution in [0.1, 0.15) is 39.7 Å². The van der Waals surface area contributed by atoms with Crippen LogP contribution in [0.25, 0.3) is 5.52 Å². The Morgan fingerprint density at radius 3 is 3.05 bits per heavy atom. The highest BCUT2D eigenvalue weighted by atomic mass is 79.9. The minimum Gasteiger partial charge on any atom is -0.365 e. The Kier molecular flexibility index (Phi) is 4.42. The fourth-order valence-electron chi connectivity index (χ4n) is 2.58. The number of hydrogen-bond donors (Lipinski definition) is 0. The van der Waals surface area contributed by atoms with Crippen molar-refractivity contribution in [3.8, 4) is 0 Å². The Balaban J connectivity index is 2.00. The average molecular weight is 379 g/mol. The first-order valence-electron chi connectivity index (χ1n) is 6.87. The van der Waals surface area contributed by atoms with Crippen LogP contribution in [0.15, 0.2) is 34.4 Å². The van der Waals surface area contributed by atoms with Crippen molar-refractivity contribution >= 4 is 39.1 Å². The Labute approximate surface area is 140 Å². The average Bonchev–Trinajstić information content (AvgIpc) is 3.14. The molecule has 0 radical (unpaired) electrons. The topological polar surface area (TPSA) is 43.6 Å². The van der Waals surface area contributed by atoms with Crippen LogP contribution in [0.5, 0.6) is 0 Å². The number of halogens is 1. The molecule has 3 heterocycles. The van der Waals surface area contributed by atoms with E-state index in [1.54, 1.807) is 17.5 Å². The van der Waals surface area contributed by atoms with Gasteiger partial charge in [0.05, 0.1) is 23.9 Å². The van der Waals surface area contributed by atoms with E-state index in [4.69, 9.17) is 4.74 Å². The smallest absolute Gasteiger partial charge is 0.150 e. The summed E-state index contributed by atoms with van der Waals surface area (Å²) in [6.45, 7) is 4.42. The van der Waals surface area contributed by atoms with Crippen LogP contribution in [-0.2, 0) is 11.3 Å². The zero-order valence-corrected chi connectivity index (χ0v) is 14.6. The number of carbonyl (C=O) groups is 1. The first-order valence-corrected chi connectivity index (χ1v) is 8.54. The summed E-state index contributed by atoms with van der Waals surface area (Å²) in [5.41, 5.74) is 3.58. The molecule has 6 heteroatoms. The summed E-state index contributed by atoms with van der Waals surface area (Å²) in [6, 6.07) is 3.86. The normalized spacial score (nSPS) is 12.7. The number of thiazole rings is 1. The quantitative estimate of drug-likeness (QED) is 0.611. The van der Waals surface area contributed by atoms with Crippen molar-refractivity contribution in [1.82, 2.24) is 9.38 Å². The highest BCUT2D eigenvalue weighted by Crippen LogP contribution is 2.30. The van der Waals surface area contributed by atoms with E-state index in [1.165, 1.54) is 0 Å². The third-order valence-corrected chi connectivity index (χ3v) is 5.12. The summed E-state index contributed by atoms with van der Waals surface area (Å²) in [7, 11) is 0. The number of fused-ring (bicyclic) bond motifs is 1. The summed E-state index contributed by atoms with van der Waals surface area (Å²) in [6.07, 6.45) is 4.50. The van der Waals surface area contributed by atoms with Crippen molar-refractivity contribution in [1.29, 1.82) is 0 Å². The SMILES string of the molecule is Cc1c(C=O)cc2c(Br)ccn2c1C(C)OCc1nccs1. The van der Waals surface area contributed by atoms with E-state index in [0.717, 1.165) is 32.5 Å². The fourth-order valence-corrected chi connectivity index (χ4v) is 3.54. The maximum atomic E-state index is 11.3. The Morgan fingerprint density at radius 2 is 2.36 bits per heavy atom. The van der Waals surface area contributed by atoms with E-state index in [0.29, 0.717) is 12.2 Å². The lowest BCUT2D eigenvalue weighted by Gasteiger charge is -2.19. The van der Waals surface area contributed by atoms with Crippen LogP contribution in [0.3, 0.4) is 0 Å². The standard InChI is InChI=1S/C16H15BrN2O2S/c1-10-12(8-20)7-14-13(17)3-5-19(14)16(10)11(2)21-9-15-18-4-6-22-15/h3-8,11H,9H2,1-2H3. The molecular formula is C16H15BrN2O2S. The van der Waals surface area contributed by atoms with Gasteiger partial charge >= 0.3 is 0 Å². The highest BCUT2D eigenvalue weighted by molar-refractivity contribution is 9.10. The van der Waals surface area contributed by atoms with Crippen LogP contribution in [0.4, 0.5) is 0 Å². The summed E-state index contributed by atoms with van der Waals surface area (Å²) < 4.78 is 9.00. The van der Waals surface area contributed by atoms with Crippen molar-refractivity contribution in [2.24, 2.45) is 0 Å². The molecule has 22 heavy (non-hydrogen) atoms. The lowest BCUT2D eigenvalue weighted by Crippen LogP contribution is -2.10. The van der Waals surface area contributed by atoms with Crippen LogP contribution < -0.4 is 0 Å². The van der Waals surface area contributed by atoms with Crippen LogP contribution in [0, 0.1) is 6.92 Å². The third-order valence-electron chi connectivity index (χ3n) is 3.70. The molecule has 3 rings (SSSR count). The van der Waals surface area contributed by atoms with Crippen molar-refractivity contribution in [2.45, 2.75) is 26.6 Å². The molecule has 0 amide bonds. The zero-order chi connectivity index (χ0) is 15.7. The van der Waals surface area contributed by atoms with E-state index in [9.17, 15) is 4.79 Å². The van der Waals surface area contributed by atoms with Crippen molar-refractivity contribution in [3.63, 3.8) is 0 Å². The molecule has 0 aromatic carbocycles. The van der Waals surface area contributed by atoms with E-state index in [-0.39, 0.29) is 6.10 Å². The summed E-state index contributed by atoms with van der Waals surface area (Å²) >= 11 is 5.10. The predicted octanol–water partition coefficient (Wildman–Crippen LogP) is 4.56. The first-order chi connectivity index (χ1) is 10.6. The molecule has 114 valence electrons. The molecule has 0 saturated heterocycles. The lowest BCUT2D eigenvalue weighted by atomic mass is 10.0. The van der Waals surface area contributed by atoms with Gasteiger partial charge in [-0.15, -0.1) is 11.3 Å². The molecule has 0 aliphatic carbocycles. The number of hydrogen-bond acceptors (Lipinski definition) is 4. The highest BCUT2D eigenvalue weighted by Gasteiger charge is 2.18. The van der Waals surface area contributed by atoms with Crippen molar-refractivity contribution in [3.05, 3.63) is 56.2 Å².